The molecular weight excluding hydrogens is 226 g/mol. The Morgan fingerprint density at radius 3 is 2.47 bits per heavy atom. The van der Waals surface area contributed by atoms with E-state index in [9.17, 15) is 20.1 Å². The summed E-state index contributed by atoms with van der Waals surface area (Å²) in [4.78, 5) is 24.7. The summed E-state index contributed by atoms with van der Waals surface area (Å²) >= 11 is 0. The van der Waals surface area contributed by atoms with Crippen molar-refractivity contribution in [1.82, 2.24) is 9.71 Å². The van der Waals surface area contributed by atoms with Crippen molar-refractivity contribution in [2.45, 2.75) is 0 Å². The van der Waals surface area contributed by atoms with Gasteiger partial charge in [0, 0.05) is 30.2 Å². The molecule has 0 spiro atoms. The van der Waals surface area contributed by atoms with Crippen molar-refractivity contribution < 1.29 is 4.92 Å². The summed E-state index contributed by atoms with van der Waals surface area (Å²) in [6.45, 7) is 0. The third kappa shape index (κ3) is 1.98. The zero-order valence-electron chi connectivity index (χ0n) is 8.44. The molecule has 2 heterocycles. The molecule has 0 aliphatic rings. The van der Waals surface area contributed by atoms with E-state index in [0.29, 0.717) is 11.1 Å². The van der Waals surface area contributed by atoms with Crippen molar-refractivity contribution in [3.8, 4) is 11.1 Å². The van der Waals surface area contributed by atoms with E-state index >= 15 is 0 Å². The van der Waals surface area contributed by atoms with Crippen LogP contribution in [0.5, 0.6) is 0 Å². The van der Waals surface area contributed by atoms with Crippen molar-refractivity contribution in [2.75, 3.05) is 0 Å². The van der Waals surface area contributed by atoms with E-state index in [2.05, 4.69) is 4.98 Å². The van der Waals surface area contributed by atoms with Crippen molar-refractivity contribution in [1.29, 1.82) is 0 Å². The fourth-order valence-electron chi connectivity index (χ4n) is 1.38. The number of nitro groups is 1. The molecule has 0 fully saturated rings. The number of rotatable bonds is 2. The summed E-state index contributed by atoms with van der Waals surface area (Å²) in [5, 5.41) is 21.8. The van der Waals surface area contributed by atoms with Crippen LogP contribution in [0.1, 0.15) is 0 Å². The van der Waals surface area contributed by atoms with Crippen LogP contribution in [0.3, 0.4) is 0 Å². The summed E-state index contributed by atoms with van der Waals surface area (Å²) < 4.78 is -0.0477. The third-order valence-electron chi connectivity index (χ3n) is 2.18. The smallest absolute Gasteiger partial charge is 0.334 e. The van der Waals surface area contributed by atoms with E-state index in [1.165, 1.54) is 12.4 Å². The van der Waals surface area contributed by atoms with Gasteiger partial charge in [-0.05, 0) is 17.7 Å². The van der Waals surface area contributed by atoms with Crippen molar-refractivity contribution in [3.05, 3.63) is 62.5 Å². The third-order valence-corrected chi connectivity index (χ3v) is 2.18. The lowest BCUT2D eigenvalue weighted by molar-refractivity contribution is -0.386. The zero-order chi connectivity index (χ0) is 12.4. The molecule has 0 aliphatic carbocycles. The lowest BCUT2D eigenvalue weighted by atomic mass is 10.1. The van der Waals surface area contributed by atoms with Gasteiger partial charge in [0.05, 0.1) is 4.92 Å². The molecule has 0 radical (unpaired) electrons. The van der Waals surface area contributed by atoms with E-state index in [1.807, 2.05) is 0 Å². The first-order valence-electron chi connectivity index (χ1n) is 4.58. The molecule has 0 amide bonds. The Hall–Kier alpha value is -2.70. The minimum absolute atomic E-state index is 0.0477. The largest absolute Gasteiger partial charge is 0.803 e. The van der Waals surface area contributed by atoms with Gasteiger partial charge < -0.3 is 9.94 Å². The second-order valence-electron chi connectivity index (χ2n) is 3.24. The van der Waals surface area contributed by atoms with Crippen LogP contribution in [-0.4, -0.2) is 14.6 Å². The molecule has 17 heavy (non-hydrogen) atoms. The monoisotopic (exact) mass is 232 g/mol. The van der Waals surface area contributed by atoms with E-state index in [4.69, 9.17) is 0 Å². The van der Waals surface area contributed by atoms with Gasteiger partial charge in [0.15, 0.2) is 0 Å². The minimum Gasteiger partial charge on any atom is -0.803 e. The molecule has 0 aromatic carbocycles. The van der Waals surface area contributed by atoms with Gasteiger partial charge in [0.1, 0.15) is 0 Å². The summed E-state index contributed by atoms with van der Waals surface area (Å²) in [6.07, 6.45) is 3.98. The quantitative estimate of drug-likeness (QED) is 0.571. The first-order chi connectivity index (χ1) is 8.09. The van der Waals surface area contributed by atoms with Gasteiger partial charge in [-0.15, -0.1) is 0 Å². The van der Waals surface area contributed by atoms with E-state index < -0.39 is 16.2 Å². The predicted octanol–water partition coefficient (Wildman–Crippen LogP) is 1.16. The molecule has 0 aliphatic heterocycles. The Labute approximate surface area is 94.7 Å². The Morgan fingerprint density at radius 1 is 1.24 bits per heavy atom. The molecule has 86 valence electrons. The first-order valence-corrected chi connectivity index (χ1v) is 4.58. The normalized spacial score (nSPS) is 10.1. The van der Waals surface area contributed by atoms with Gasteiger partial charge in [-0.2, -0.15) is 0 Å². The highest BCUT2D eigenvalue weighted by atomic mass is 16.6. The molecule has 2 aromatic heterocycles. The van der Waals surface area contributed by atoms with Crippen LogP contribution < -0.4 is 5.56 Å². The average Bonchev–Trinajstić information content (AvgIpc) is 2.33. The highest BCUT2D eigenvalue weighted by Gasteiger charge is 2.14. The number of aromatic nitrogens is 2. The first kappa shape index (κ1) is 10.8. The molecule has 7 heteroatoms. The van der Waals surface area contributed by atoms with Crippen LogP contribution in [0.2, 0.25) is 0 Å². The number of nitrogens with zero attached hydrogens (tertiary/aromatic N) is 3. The maximum atomic E-state index is 11.2. The second-order valence-corrected chi connectivity index (χ2v) is 3.24. The number of hydrogen-bond acceptors (Lipinski definition) is 5. The van der Waals surface area contributed by atoms with Gasteiger partial charge in [-0.25, -0.2) is 0 Å². The molecule has 7 nitrogen and oxygen atoms in total. The Bertz CT molecular complexity index is 621. The van der Waals surface area contributed by atoms with Crippen LogP contribution >= 0.6 is 0 Å². The summed E-state index contributed by atoms with van der Waals surface area (Å²) in [5.41, 5.74) is -1.04. The molecule has 0 bridgehead atoms. The van der Waals surface area contributed by atoms with Crippen LogP contribution in [0.4, 0.5) is 5.69 Å². The van der Waals surface area contributed by atoms with Gasteiger partial charge in [-0.1, -0.05) is 0 Å². The highest BCUT2D eigenvalue weighted by Crippen LogP contribution is 2.20. The summed E-state index contributed by atoms with van der Waals surface area (Å²) in [6, 6.07) is 4.25. The average molecular weight is 232 g/mol. The van der Waals surface area contributed by atoms with Gasteiger partial charge in [-0.3, -0.25) is 19.9 Å². The highest BCUT2D eigenvalue weighted by molar-refractivity contribution is 5.64. The lowest BCUT2D eigenvalue weighted by Crippen LogP contribution is -2.18. The summed E-state index contributed by atoms with van der Waals surface area (Å²) in [7, 11) is 0. The minimum atomic E-state index is -1.17. The van der Waals surface area contributed by atoms with Crippen molar-refractivity contribution >= 4 is 5.69 Å². The van der Waals surface area contributed by atoms with Gasteiger partial charge in [0.25, 0.3) is 0 Å². The van der Waals surface area contributed by atoms with Crippen molar-refractivity contribution in [2.24, 2.45) is 0 Å². The molecule has 0 N–H and O–H groups in total. The fourth-order valence-corrected chi connectivity index (χ4v) is 1.38. The van der Waals surface area contributed by atoms with Crippen molar-refractivity contribution in [3.63, 3.8) is 0 Å². The molecule has 0 atom stereocenters. The van der Waals surface area contributed by atoms with E-state index in [1.54, 1.807) is 12.1 Å². The Morgan fingerprint density at radius 2 is 1.88 bits per heavy atom. The van der Waals surface area contributed by atoms with E-state index in [0.717, 1.165) is 12.3 Å². The molecular formula is C10H6N3O4-. The molecule has 2 rings (SSSR count). The number of pyridine rings is 2. The zero-order valence-corrected chi connectivity index (χ0v) is 8.44. The maximum absolute atomic E-state index is 11.2. The van der Waals surface area contributed by atoms with Crippen LogP contribution in [0, 0.1) is 15.3 Å². The van der Waals surface area contributed by atoms with Crippen LogP contribution in [-0.2, 0) is 0 Å². The number of hydrogen-bond donors (Lipinski definition) is 0. The van der Waals surface area contributed by atoms with Crippen LogP contribution in [0.15, 0.2) is 41.6 Å². The molecule has 2 aromatic rings. The summed E-state index contributed by atoms with van der Waals surface area (Å²) in [5.74, 6) is 0. The second kappa shape index (κ2) is 4.05. The topological polar surface area (TPSA) is 101 Å². The van der Waals surface area contributed by atoms with Gasteiger partial charge in [0.2, 0.25) is 0 Å². The molecule has 0 saturated heterocycles. The standard InChI is InChI=1S/C10H6N3O4/c14-10-9(13(16)17)5-8(6-12(10)15)7-1-3-11-4-2-7/h1-6H/q-1. The molecule has 0 unspecified atom stereocenters. The predicted molar refractivity (Wildman–Crippen MR) is 59.4 cm³/mol. The fraction of sp³-hybridized carbons (Fsp3) is 0. The van der Waals surface area contributed by atoms with Crippen LogP contribution in [0.25, 0.3) is 11.1 Å². The molecule has 0 saturated carbocycles. The lowest BCUT2D eigenvalue weighted by Gasteiger charge is -2.10. The SMILES string of the molecule is O=c1c([N+](=O)[O-])cc(-c2ccncc2)cn1[O-]. The van der Waals surface area contributed by atoms with Gasteiger partial charge >= 0.3 is 11.2 Å². The van der Waals surface area contributed by atoms with E-state index in [-0.39, 0.29) is 4.73 Å². The maximum Gasteiger partial charge on any atom is 0.334 e. The Kier molecular flexibility index (Phi) is 2.57. The Balaban J connectivity index is 2.66.